The van der Waals surface area contributed by atoms with Gasteiger partial charge in [-0.05, 0) is 13.8 Å². The molecule has 0 aromatic rings. The first-order valence-corrected chi connectivity index (χ1v) is 3.48. The van der Waals surface area contributed by atoms with Gasteiger partial charge in [-0.2, -0.15) is 9.78 Å². The average molecular weight is 166 g/mol. The third kappa shape index (κ3) is 9.80. The van der Waals surface area contributed by atoms with Crippen LogP contribution in [0.3, 0.4) is 0 Å². The van der Waals surface area contributed by atoms with Crippen molar-refractivity contribution in [3.05, 3.63) is 0 Å². The molecule has 0 saturated carbocycles. The highest BCUT2D eigenvalue weighted by Gasteiger charge is 1.87. The second kappa shape index (κ2) is 9.80. The van der Waals surface area contributed by atoms with Crippen molar-refractivity contribution in [2.75, 3.05) is 26.8 Å². The molecule has 0 bridgehead atoms. The normalized spacial score (nSPS) is 10.4. The molecule has 5 nitrogen and oxygen atoms in total. The van der Waals surface area contributed by atoms with Crippen molar-refractivity contribution in [2.45, 2.75) is 13.8 Å². The highest BCUT2D eigenvalue weighted by Crippen LogP contribution is 1.83. The standard InChI is InChI=1S/C6H14O5/c1-3-7-5-9-11-10-6-8-4-2/h3-6H2,1-2H3. The fourth-order valence-corrected chi connectivity index (χ4v) is 0.308. The Bertz CT molecular complexity index is 60.0. The topological polar surface area (TPSA) is 46.2 Å². The first-order valence-electron chi connectivity index (χ1n) is 3.48. The van der Waals surface area contributed by atoms with Crippen LogP contribution in [0.2, 0.25) is 0 Å². The van der Waals surface area contributed by atoms with Crippen LogP contribution in [0.4, 0.5) is 0 Å². The minimum absolute atomic E-state index is 0.0582. The first-order chi connectivity index (χ1) is 5.41. The molecule has 0 aliphatic rings. The van der Waals surface area contributed by atoms with E-state index in [4.69, 9.17) is 9.47 Å². The lowest BCUT2D eigenvalue weighted by Crippen LogP contribution is -2.04. The largest absolute Gasteiger partial charge is 0.352 e. The van der Waals surface area contributed by atoms with E-state index < -0.39 is 0 Å². The van der Waals surface area contributed by atoms with E-state index in [1.54, 1.807) is 0 Å². The number of ether oxygens (including phenoxy) is 2. The Morgan fingerprint density at radius 1 is 0.818 bits per heavy atom. The minimum Gasteiger partial charge on any atom is -0.352 e. The van der Waals surface area contributed by atoms with Crippen LogP contribution in [0.25, 0.3) is 0 Å². The molecule has 0 amide bonds. The lowest BCUT2D eigenvalue weighted by atomic mass is 10.9. The number of rotatable bonds is 8. The van der Waals surface area contributed by atoms with E-state index >= 15 is 0 Å². The summed E-state index contributed by atoms with van der Waals surface area (Å²) in [5.41, 5.74) is 0. The van der Waals surface area contributed by atoms with E-state index in [1.807, 2.05) is 13.8 Å². The molecule has 0 unspecified atom stereocenters. The monoisotopic (exact) mass is 166 g/mol. The molecule has 0 radical (unpaired) electrons. The summed E-state index contributed by atoms with van der Waals surface area (Å²) in [7, 11) is 0. The van der Waals surface area contributed by atoms with Crippen LogP contribution < -0.4 is 0 Å². The summed E-state index contributed by atoms with van der Waals surface area (Å²) in [4.78, 5) is 8.79. The second-order valence-electron chi connectivity index (χ2n) is 1.53. The molecule has 11 heavy (non-hydrogen) atoms. The Morgan fingerprint density at radius 2 is 1.27 bits per heavy atom. The molecule has 0 aliphatic carbocycles. The summed E-state index contributed by atoms with van der Waals surface area (Å²) in [6.07, 6.45) is 0. The second-order valence-corrected chi connectivity index (χ2v) is 1.53. The molecule has 0 rings (SSSR count). The molecule has 0 fully saturated rings. The van der Waals surface area contributed by atoms with Crippen molar-refractivity contribution >= 4 is 0 Å². The van der Waals surface area contributed by atoms with Gasteiger partial charge in [-0.3, -0.25) is 0 Å². The highest BCUT2D eigenvalue weighted by atomic mass is 17.5. The van der Waals surface area contributed by atoms with Gasteiger partial charge in [-0.25, -0.2) is 0 Å². The number of hydrogen-bond acceptors (Lipinski definition) is 5. The van der Waals surface area contributed by atoms with Crippen LogP contribution >= 0.6 is 0 Å². The average Bonchev–Trinajstić information content (AvgIpc) is 2.03. The Labute approximate surface area is 66.0 Å². The van der Waals surface area contributed by atoms with Crippen LogP contribution in [-0.2, 0) is 24.3 Å². The molecule has 0 aliphatic heterocycles. The Hall–Kier alpha value is -0.200. The van der Waals surface area contributed by atoms with Crippen LogP contribution in [-0.4, -0.2) is 26.8 Å². The zero-order valence-corrected chi connectivity index (χ0v) is 6.87. The minimum atomic E-state index is 0.0582. The maximum atomic E-state index is 4.77. The van der Waals surface area contributed by atoms with Gasteiger partial charge in [0.1, 0.15) is 0 Å². The summed E-state index contributed by atoms with van der Waals surface area (Å²) < 4.78 is 9.54. The van der Waals surface area contributed by atoms with Crippen LogP contribution in [0.1, 0.15) is 13.8 Å². The maximum absolute atomic E-state index is 4.77. The predicted molar refractivity (Wildman–Crippen MR) is 36.2 cm³/mol. The molecule has 0 saturated heterocycles. The lowest BCUT2D eigenvalue weighted by molar-refractivity contribution is -0.541. The predicted octanol–water partition coefficient (Wildman–Crippen LogP) is 0.854. The lowest BCUT2D eigenvalue weighted by Gasteiger charge is -2.02. The van der Waals surface area contributed by atoms with Crippen molar-refractivity contribution in [1.82, 2.24) is 0 Å². The van der Waals surface area contributed by atoms with Crippen molar-refractivity contribution < 1.29 is 24.3 Å². The van der Waals surface area contributed by atoms with Crippen molar-refractivity contribution in [1.29, 1.82) is 0 Å². The Morgan fingerprint density at radius 3 is 1.64 bits per heavy atom. The van der Waals surface area contributed by atoms with Crippen LogP contribution in [0.15, 0.2) is 0 Å². The summed E-state index contributed by atoms with van der Waals surface area (Å²) in [5, 5.41) is 4.19. The van der Waals surface area contributed by atoms with Gasteiger partial charge in [-0.15, -0.1) is 0 Å². The molecule has 0 aromatic heterocycles. The number of hydrogen-bond donors (Lipinski definition) is 0. The third-order valence-corrected chi connectivity index (χ3v) is 0.767. The fraction of sp³-hybridized carbons (Fsp3) is 1.00. The van der Waals surface area contributed by atoms with Gasteiger partial charge in [0, 0.05) is 13.2 Å². The van der Waals surface area contributed by atoms with Gasteiger partial charge in [-0.1, -0.05) is 5.04 Å². The Balaban J connectivity index is 2.69. The van der Waals surface area contributed by atoms with E-state index in [1.165, 1.54) is 0 Å². The van der Waals surface area contributed by atoms with E-state index in [0.717, 1.165) is 0 Å². The van der Waals surface area contributed by atoms with Gasteiger partial charge in [0.05, 0.1) is 0 Å². The molecule has 0 aromatic carbocycles. The van der Waals surface area contributed by atoms with E-state index in [-0.39, 0.29) is 13.6 Å². The molecule has 0 atom stereocenters. The van der Waals surface area contributed by atoms with E-state index in [0.29, 0.717) is 13.2 Å². The molecule has 0 N–H and O–H groups in total. The first kappa shape index (κ1) is 10.8. The van der Waals surface area contributed by atoms with Crippen molar-refractivity contribution in [3.63, 3.8) is 0 Å². The summed E-state index contributed by atoms with van der Waals surface area (Å²) >= 11 is 0. The van der Waals surface area contributed by atoms with Gasteiger partial charge in [0.2, 0.25) is 0 Å². The molecule has 5 heteroatoms. The molecule has 0 spiro atoms. The fourth-order valence-electron chi connectivity index (χ4n) is 0.308. The molecule has 0 heterocycles. The SMILES string of the molecule is CCOCOOOCOCC. The summed E-state index contributed by atoms with van der Waals surface area (Å²) in [5.74, 6) is 0. The van der Waals surface area contributed by atoms with E-state index in [2.05, 4.69) is 14.8 Å². The van der Waals surface area contributed by atoms with E-state index in [9.17, 15) is 0 Å². The summed E-state index contributed by atoms with van der Waals surface area (Å²) in [6, 6.07) is 0. The zero-order valence-electron chi connectivity index (χ0n) is 6.87. The van der Waals surface area contributed by atoms with Gasteiger partial charge in [0.15, 0.2) is 13.6 Å². The van der Waals surface area contributed by atoms with Gasteiger partial charge < -0.3 is 9.47 Å². The zero-order chi connectivity index (χ0) is 8.36. The molecular weight excluding hydrogens is 152 g/mol. The third-order valence-electron chi connectivity index (χ3n) is 0.767. The molecular formula is C6H14O5. The maximum Gasteiger partial charge on any atom is 0.183 e. The molecule has 68 valence electrons. The van der Waals surface area contributed by atoms with Crippen molar-refractivity contribution in [2.24, 2.45) is 0 Å². The van der Waals surface area contributed by atoms with Crippen LogP contribution in [0.5, 0.6) is 0 Å². The quantitative estimate of drug-likeness (QED) is 0.231. The van der Waals surface area contributed by atoms with Gasteiger partial charge >= 0.3 is 0 Å². The van der Waals surface area contributed by atoms with Gasteiger partial charge in [0.25, 0.3) is 0 Å². The highest BCUT2D eigenvalue weighted by molar-refractivity contribution is 4.02. The Kier molecular flexibility index (Phi) is 9.62. The van der Waals surface area contributed by atoms with Crippen molar-refractivity contribution in [3.8, 4) is 0 Å². The van der Waals surface area contributed by atoms with Crippen LogP contribution in [0, 0.1) is 0 Å². The summed E-state index contributed by atoms with van der Waals surface area (Å²) in [6.45, 7) is 4.98. The smallest absolute Gasteiger partial charge is 0.183 e.